The molecule has 3 N–H and O–H groups in total. The van der Waals surface area contributed by atoms with Crippen LogP contribution in [0, 0.1) is 19.8 Å². The molecule has 8 nitrogen and oxygen atoms in total. The maximum atomic E-state index is 14.5. The lowest BCUT2D eigenvalue weighted by Gasteiger charge is -2.36. The molecule has 2 rings (SSSR count). The molecule has 0 aliphatic heterocycles. The molecule has 8 heteroatoms. The van der Waals surface area contributed by atoms with Gasteiger partial charge in [0.25, 0.3) is 5.91 Å². The first-order valence-corrected chi connectivity index (χ1v) is 15.7. The Labute approximate surface area is 258 Å². The van der Waals surface area contributed by atoms with E-state index in [1.165, 1.54) is 12.1 Å². The number of phenols is 1. The van der Waals surface area contributed by atoms with E-state index in [0.29, 0.717) is 30.6 Å². The number of benzene rings is 2. The van der Waals surface area contributed by atoms with Gasteiger partial charge in [-0.15, -0.1) is 0 Å². The molecule has 0 heterocycles. The Morgan fingerprint density at radius 1 is 0.930 bits per heavy atom. The zero-order valence-electron chi connectivity index (χ0n) is 27.5. The van der Waals surface area contributed by atoms with Gasteiger partial charge in [-0.3, -0.25) is 9.59 Å². The van der Waals surface area contributed by atoms with Crippen molar-refractivity contribution in [2.75, 3.05) is 11.9 Å². The Hall–Kier alpha value is -3.55. The van der Waals surface area contributed by atoms with Gasteiger partial charge in [-0.1, -0.05) is 89.6 Å². The van der Waals surface area contributed by atoms with Gasteiger partial charge in [0, 0.05) is 12.2 Å². The maximum Gasteiger partial charge on any atom is 0.408 e. The van der Waals surface area contributed by atoms with Crippen molar-refractivity contribution in [1.29, 1.82) is 0 Å². The highest BCUT2D eigenvalue weighted by atomic mass is 16.6. The molecule has 0 aromatic heterocycles. The Bertz CT molecular complexity index is 1190. The van der Waals surface area contributed by atoms with Gasteiger partial charge in [0.05, 0.1) is 0 Å². The van der Waals surface area contributed by atoms with Crippen molar-refractivity contribution in [3.05, 3.63) is 59.2 Å². The third-order valence-corrected chi connectivity index (χ3v) is 7.66. The van der Waals surface area contributed by atoms with Crippen LogP contribution in [-0.4, -0.2) is 46.1 Å². The highest BCUT2D eigenvalue weighted by molar-refractivity contribution is 6.00. The van der Waals surface area contributed by atoms with Gasteiger partial charge in [0.2, 0.25) is 5.91 Å². The molecule has 0 fully saturated rings. The van der Waals surface area contributed by atoms with Crippen LogP contribution in [0.4, 0.5) is 10.5 Å². The normalized spacial score (nSPS) is 13.5. The summed E-state index contributed by atoms with van der Waals surface area (Å²) in [5.74, 6) is -0.973. The third kappa shape index (κ3) is 11.2. The highest BCUT2D eigenvalue weighted by Gasteiger charge is 2.38. The molecule has 0 radical (unpaired) electrons. The molecule has 2 aromatic rings. The molecule has 0 bridgehead atoms. The highest BCUT2D eigenvalue weighted by Crippen LogP contribution is 2.30. The van der Waals surface area contributed by atoms with Gasteiger partial charge in [-0.05, 0) is 75.8 Å². The number of aryl methyl sites for hydroxylation is 2. The summed E-state index contributed by atoms with van der Waals surface area (Å²) in [6.07, 6.45) is 5.99. The van der Waals surface area contributed by atoms with E-state index in [4.69, 9.17) is 4.74 Å². The number of anilines is 1. The standard InChI is InChI=1S/C35H53N3O5/c1-9-11-12-13-14-15-22-38(33(41)30(24(3)10-2)37-34(42)43-35(6,7)8)31(27-20-17-21-28(39)23-27)32(40)36-29-25(4)18-16-19-26(29)5/h16-21,23-24,30-31,39H,9-15,22H2,1-8H3,(H,36,40)(H,37,42). The number of hydrogen-bond donors (Lipinski definition) is 3. The van der Waals surface area contributed by atoms with Gasteiger partial charge in [0.15, 0.2) is 0 Å². The molecule has 0 aliphatic rings. The zero-order chi connectivity index (χ0) is 32.2. The van der Waals surface area contributed by atoms with Gasteiger partial charge < -0.3 is 25.4 Å². The fourth-order valence-corrected chi connectivity index (χ4v) is 5.10. The monoisotopic (exact) mass is 595 g/mol. The van der Waals surface area contributed by atoms with Crippen LogP contribution in [0.15, 0.2) is 42.5 Å². The molecule has 0 spiro atoms. The quantitative estimate of drug-likeness (QED) is 0.182. The van der Waals surface area contributed by atoms with Crippen LogP contribution in [-0.2, 0) is 14.3 Å². The Morgan fingerprint density at radius 3 is 2.12 bits per heavy atom. The lowest BCUT2D eigenvalue weighted by atomic mass is 9.95. The summed E-state index contributed by atoms with van der Waals surface area (Å²) in [5.41, 5.74) is 2.25. The number of unbranched alkanes of at least 4 members (excludes halogenated alkanes) is 5. The fraction of sp³-hybridized carbons (Fsp3) is 0.571. The van der Waals surface area contributed by atoms with Crippen LogP contribution in [0.25, 0.3) is 0 Å². The van der Waals surface area contributed by atoms with Crippen molar-refractivity contribution < 1.29 is 24.2 Å². The molecular weight excluding hydrogens is 542 g/mol. The smallest absolute Gasteiger partial charge is 0.408 e. The molecule has 43 heavy (non-hydrogen) atoms. The van der Waals surface area contributed by atoms with E-state index in [0.717, 1.165) is 43.2 Å². The van der Waals surface area contributed by atoms with E-state index in [-0.39, 0.29) is 23.5 Å². The second kappa shape index (κ2) is 16.9. The van der Waals surface area contributed by atoms with Crippen LogP contribution >= 0.6 is 0 Å². The van der Waals surface area contributed by atoms with Crippen molar-refractivity contribution in [3.8, 4) is 5.75 Å². The van der Waals surface area contributed by atoms with E-state index < -0.39 is 23.8 Å². The maximum absolute atomic E-state index is 14.5. The van der Waals surface area contributed by atoms with Crippen molar-refractivity contribution in [3.63, 3.8) is 0 Å². The topological polar surface area (TPSA) is 108 Å². The van der Waals surface area contributed by atoms with Crippen molar-refractivity contribution >= 4 is 23.6 Å². The van der Waals surface area contributed by atoms with Crippen LogP contribution in [0.3, 0.4) is 0 Å². The molecule has 2 aromatic carbocycles. The zero-order valence-corrected chi connectivity index (χ0v) is 27.5. The summed E-state index contributed by atoms with van der Waals surface area (Å²) in [7, 11) is 0. The number of alkyl carbamates (subject to hydrolysis) is 1. The predicted octanol–water partition coefficient (Wildman–Crippen LogP) is 7.82. The average Bonchev–Trinajstić information content (AvgIpc) is 2.93. The number of nitrogens with zero attached hydrogens (tertiary/aromatic N) is 1. The first-order valence-electron chi connectivity index (χ1n) is 15.7. The van der Waals surface area contributed by atoms with Crippen LogP contribution in [0.2, 0.25) is 0 Å². The van der Waals surface area contributed by atoms with E-state index in [2.05, 4.69) is 17.6 Å². The Balaban J connectivity index is 2.57. The van der Waals surface area contributed by atoms with Crippen molar-refractivity contribution in [2.24, 2.45) is 5.92 Å². The first-order chi connectivity index (χ1) is 20.3. The van der Waals surface area contributed by atoms with Crippen molar-refractivity contribution in [1.82, 2.24) is 10.2 Å². The van der Waals surface area contributed by atoms with Crippen LogP contribution in [0.1, 0.15) is 109 Å². The van der Waals surface area contributed by atoms with Crippen LogP contribution in [0.5, 0.6) is 5.75 Å². The van der Waals surface area contributed by atoms with E-state index in [1.54, 1.807) is 37.8 Å². The minimum atomic E-state index is -1.04. The SMILES string of the molecule is CCCCCCCCN(C(=O)C(NC(=O)OC(C)(C)C)C(C)CC)C(C(=O)Nc1c(C)cccc1C)c1cccc(O)c1. The summed E-state index contributed by atoms with van der Waals surface area (Å²) in [4.78, 5) is 43.2. The Kier molecular flexibility index (Phi) is 14.0. The molecule has 0 saturated carbocycles. The first kappa shape index (κ1) is 35.6. The van der Waals surface area contributed by atoms with Crippen molar-refractivity contribution in [2.45, 2.75) is 118 Å². The number of para-hydroxylation sites is 1. The van der Waals surface area contributed by atoms with Gasteiger partial charge in [0.1, 0.15) is 23.4 Å². The van der Waals surface area contributed by atoms with E-state index in [1.807, 2.05) is 45.9 Å². The minimum Gasteiger partial charge on any atom is -0.508 e. The molecule has 3 amide bonds. The van der Waals surface area contributed by atoms with Gasteiger partial charge >= 0.3 is 6.09 Å². The van der Waals surface area contributed by atoms with E-state index >= 15 is 0 Å². The average molecular weight is 596 g/mol. The molecule has 0 aliphatic carbocycles. The number of amides is 3. The molecule has 3 atom stereocenters. The second-order valence-electron chi connectivity index (χ2n) is 12.6. The lowest BCUT2D eigenvalue weighted by molar-refractivity contribution is -0.142. The number of aromatic hydroxyl groups is 1. The number of rotatable bonds is 15. The summed E-state index contributed by atoms with van der Waals surface area (Å²) in [6, 6.07) is 10.3. The number of nitrogens with one attached hydrogen (secondary N) is 2. The molecular formula is C35H53N3O5. The third-order valence-electron chi connectivity index (χ3n) is 7.66. The van der Waals surface area contributed by atoms with Gasteiger partial charge in [-0.25, -0.2) is 4.79 Å². The molecule has 238 valence electrons. The largest absolute Gasteiger partial charge is 0.508 e. The second-order valence-corrected chi connectivity index (χ2v) is 12.6. The molecule has 0 saturated heterocycles. The van der Waals surface area contributed by atoms with Crippen LogP contribution < -0.4 is 10.6 Å². The summed E-state index contributed by atoms with van der Waals surface area (Å²) in [6.45, 7) is 15.5. The van der Waals surface area contributed by atoms with E-state index in [9.17, 15) is 19.5 Å². The summed E-state index contributed by atoms with van der Waals surface area (Å²) < 4.78 is 5.51. The number of carbonyl (C=O) groups is 3. The summed E-state index contributed by atoms with van der Waals surface area (Å²) >= 11 is 0. The number of ether oxygens (including phenoxy) is 1. The lowest BCUT2D eigenvalue weighted by Crippen LogP contribution is -2.55. The fourth-order valence-electron chi connectivity index (χ4n) is 5.10. The Morgan fingerprint density at radius 2 is 1.53 bits per heavy atom. The number of phenolic OH excluding ortho intramolecular Hbond substituents is 1. The predicted molar refractivity (Wildman–Crippen MR) is 173 cm³/mol. The number of hydrogen-bond acceptors (Lipinski definition) is 5. The molecule has 3 unspecified atom stereocenters. The summed E-state index contributed by atoms with van der Waals surface area (Å²) in [5, 5.41) is 16.3. The van der Waals surface area contributed by atoms with Gasteiger partial charge in [-0.2, -0.15) is 0 Å². The number of carbonyl (C=O) groups excluding carboxylic acids is 3. The minimum absolute atomic E-state index is 0.000284.